The number of carboxylic acids is 1. The van der Waals surface area contributed by atoms with E-state index in [1.165, 1.54) is 0 Å². The van der Waals surface area contributed by atoms with Crippen molar-refractivity contribution in [1.29, 1.82) is 0 Å². The lowest BCUT2D eigenvalue weighted by molar-refractivity contribution is -0.118. The molecule has 0 aliphatic rings. The third-order valence-corrected chi connectivity index (χ3v) is 4.64. The van der Waals surface area contributed by atoms with E-state index < -0.39 is 5.97 Å². The number of benzene rings is 3. The number of para-hydroxylation sites is 1. The minimum Gasteiger partial charge on any atom is -0.483 e. The fourth-order valence-electron chi connectivity index (χ4n) is 2.60. The molecule has 3 rings (SSSR count). The van der Waals surface area contributed by atoms with Crippen LogP contribution in [0.15, 0.2) is 77.3 Å². The maximum Gasteiger partial charge on any atom is 0.335 e. The summed E-state index contributed by atoms with van der Waals surface area (Å²) in [5, 5.41) is 15.0. The molecular formula is C22H19BrN2O4. The van der Waals surface area contributed by atoms with Crippen molar-refractivity contribution in [3.63, 3.8) is 0 Å². The standard InChI is InChI=1S/C22H19BrN2O4/c23-19-11-15(13-24-18-8-4-5-16(12-18)22(27)28)9-10-20(19)29-14-21(26)25-17-6-2-1-3-7-17/h1-12,24H,13-14H2,(H,25,26)(H,27,28). The Morgan fingerprint density at radius 2 is 1.69 bits per heavy atom. The van der Waals surface area contributed by atoms with Crippen LogP contribution in [-0.4, -0.2) is 23.6 Å². The molecule has 3 aromatic carbocycles. The molecule has 3 aromatic rings. The van der Waals surface area contributed by atoms with Crippen LogP contribution in [0.4, 0.5) is 11.4 Å². The number of carbonyl (C=O) groups excluding carboxylic acids is 1. The van der Waals surface area contributed by atoms with E-state index in [1.807, 2.05) is 48.5 Å². The number of amides is 1. The van der Waals surface area contributed by atoms with Gasteiger partial charge < -0.3 is 20.5 Å². The first-order valence-electron chi connectivity index (χ1n) is 8.84. The van der Waals surface area contributed by atoms with Crippen LogP contribution < -0.4 is 15.4 Å². The van der Waals surface area contributed by atoms with Crippen molar-refractivity contribution in [1.82, 2.24) is 0 Å². The fourth-order valence-corrected chi connectivity index (χ4v) is 3.14. The van der Waals surface area contributed by atoms with Crippen LogP contribution in [0.1, 0.15) is 15.9 Å². The maximum atomic E-state index is 12.0. The Morgan fingerprint density at radius 3 is 2.41 bits per heavy atom. The van der Waals surface area contributed by atoms with Gasteiger partial charge in [-0.3, -0.25) is 4.79 Å². The summed E-state index contributed by atoms with van der Waals surface area (Å²) < 4.78 is 6.31. The van der Waals surface area contributed by atoms with Gasteiger partial charge in [0.05, 0.1) is 10.0 Å². The molecule has 0 saturated carbocycles. The van der Waals surface area contributed by atoms with Crippen LogP contribution in [0.2, 0.25) is 0 Å². The van der Waals surface area contributed by atoms with E-state index in [2.05, 4.69) is 26.6 Å². The molecule has 3 N–H and O–H groups in total. The minimum absolute atomic E-state index is 0.104. The van der Waals surface area contributed by atoms with Crippen molar-refractivity contribution >= 4 is 39.2 Å². The summed E-state index contributed by atoms with van der Waals surface area (Å²) in [6.45, 7) is 0.406. The first kappa shape index (κ1) is 20.4. The lowest BCUT2D eigenvalue weighted by atomic mass is 10.2. The average molecular weight is 455 g/mol. The Labute approximate surface area is 176 Å². The van der Waals surface area contributed by atoms with E-state index in [1.54, 1.807) is 24.3 Å². The quantitative estimate of drug-likeness (QED) is 0.455. The second-order valence-electron chi connectivity index (χ2n) is 6.21. The molecule has 7 heteroatoms. The molecule has 6 nitrogen and oxygen atoms in total. The summed E-state index contributed by atoms with van der Waals surface area (Å²) >= 11 is 3.46. The third-order valence-electron chi connectivity index (χ3n) is 4.02. The number of carbonyl (C=O) groups is 2. The van der Waals surface area contributed by atoms with Gasteiger partial charge in [-0.15, -0.1) is 0 Å². The summed E-state index contributed by atoms with van der Waals surface area (Å²) in [5.41, 5.74) is 2.64. The summed E-state index contributed by atoms with van der Waals surface area (Å²) in [6, 6.07) is 21.4. The van der Waals surface area contributed by atoms with E-state index in [4.69, 9.17) is 9.84 Å². The molecule has 0 bridgehead atoms. The number of aromatic carboxylic acids is 1. The molecule has 0 fully saturated rings. The van der Waals surface area contributed by atoms with E-state index >= 15 is 0 Å². The molecule has 1 amide bonds. The van der Waals surface area contributed by atoms with Crippen LogP contribution >= 0.6 is 15.9 Å². The molecule has 0 radical (unpaired) electrons. The number of halogens is 1. The number of carboxylic acid groups (broad SMARTS) is 1. The normalized spacial score (nSPS) is 10.2. The highest BCUT2D eigenvalue weighted by Gasteiger charge is 2.08. The Kier molecular flexibility index (Phi) is 6.86. The van der Waals surface area contributed by atoms with Gasteiger partial charge in [0.25, 0.3) is 5.91 Å². The molecule has 0 heterocycles. The Hall–Kier alpha value is -3.32. The summed E-state index contributed by atoms with van der Waals surface area (Å²) in [6.07, 6.45) is 0. The van der Waals surface area contributed by atoms with Crippen molar-refractivity contribution in [2.45, 2.75) is 6.54 Å². The highest BCUT2D eigenvalue weighted by atomic mass is 79.9. The predicted octanol–water partition coefficient (Wildman–Crippen LogP) is 4.78. The van der Waals surface area contributed by atoms with Gasteiger partial charge in [0.2, 0.25) is 0 Å². The maximum absolute atomic E-state index is 12.0. The van der Waals surface area contributed by atoms with Crippen LogP contribution in [0.25, 0.3) is 0 Å². The zero-order valence-electron chi connectivity index (χ0n) is 15.4. The number of rotatable bonds is 8. The second kappa shape index (κ2) is 9.75. The van der Waals surface area contributed by atoms with Gasteiger partial charge in [0, 0.05) is 17.9 Å². The molecule has 148 valence electrons. The largest absolute Gasteiger partial charge is 0.483 e. The van der Waals surface area contributed by atoms with Crippen LogP contribution in [-0.2, 0) is 11.3 Å². The Balaban J connectivity index is 1.54. The van der Waals surface area contributed by atoms with E-state index in [9.17, 15) is 9.59 Å². The molecule has 0 unspecified atom stereocenters. The molecular weight excluding hydrogens is 436 g/mol. The van der Waals surface area contributed by atoms with Gasteiger partial charge in [0.1, 0.15) is 5.75 Å². The van der Waals surface area contributed by atoms with Crippen LogP contribution in [0.5, 0.6) is 5.75 Å². The number of ether oxygens (including phenoxy) is 1. The molecule has 0 saturated heterocycles. The monoisotopic (exact) mass is 454 g/mol. The van der Waals surface area contributed by atoms with Crippen molar-refractivity contribution in [3.8, 4) is 5.75 Å². The van der Waals surface area contributed by atoms with Gasteiger partial charge in [-0.2, -0.15) is 0 Å². The lowest BCUT2D eigenvalue weighted by Crippen LogP contribution is -2.20. The van der Waals surface area contributed by atoms with E-state index in [-0.39, 0.29) is 18.1 Å². The number of hydrogen-bond acceptors (Lipinski definition) is 4. The van der Waals surface area contributed by atoms with Crippen LogP contribution in [0, 0.1) is 0 Å². The van der Waals surface area contributed by atoms with Gasteiger partial charge in [-0.25, -0.2) is 4.79 Å². The molecule has 0 spiro atoms. The second-order valence-corrected chi connectivity index (χ2v) is 7.06. The third kappa shape index (κ3) is 6.08. The fraction of sp³-hybridized carbons (Fsp3) is 0.0909. The van der Waals surface area contributed by atoms with Crippen molar-refractivity contribution < 1.29 is 19.4 Å². The number of hydrogen-bond donors (Lipinski definition) is 3. The topological polar surface area (TPSA) is 87.7 Å². The van der Waals surface area contributed by atoms with Gasteiger partial charge >= 0.3 is 5.97 Å². The van der Waals surface area contributed by atoms with E-state index in [0.29, 0.717) is 18.0 Å². The molecule has 0 aromatic heterocycles. The number of nitrogens with one attached hydrogen (secondary N) is 2. The first-order chi connectivity index (χ1) is 14.0. The molecule has 0 aliphatic heterocycles. The van der Waals surface area contributed by atoms with Crippen molar-refractivity contribution in [2.75, 3.05) is 17.2 Å². The SMILES string of the molecule is O=C(COc1ccc(CNc2cccc(C(=O)O)c2)cc1Br)Nc1ccccc1. The Morgan fingerprint density at radius 1 is 0.931 bits per heavy atom. The highest BCUT2D eigenvalue weighted by Crippen LogP contribution is 2.26. The van der Waals surface area contributed by atoms with Crippen molar-refractivity contribution in [2.24, 2.45) is 0 Å². The van der Waals surface area contributed by atoms with Gasteiger partial charge in [-0.05, 0) is 64.0 Å². The molecule has 0 atom stereocenters. The highest BCUT2D eigenvalue weighted by molar-refractivity contribution is 9.10. The van der Waals surface area contributed by atoms with Gasteiger partial charge in [0.15, 0.2) is 6.61 Å². The summed E-state index contributed by atoms with van der Waals surface area (Å²) in [5.74, 6) is -0.647. The number of anilines is 2. The smallest absolute Gasteiger partial charge is 0.335 e. The van der Waals surface area contributed by atoms with E-state index in [0.717, 1.165) is 15.7 Å². The first-order valence-corrected chi connectivity index (χ1v) is 9.64. The lowest BCUT2D eigenvalue weighted by Gasteiger charge is -2.11. The minimum atomic E-state index is -0.964. The molecule has 0 aliphatic carbocycles. The zero-order chi connectivity index (χ0) is 20.6. The summed E-state index contributed by atoms with van der Waals surface area (Å²) in [7, 11) is 0. The Bertz CT molecular complexity index is 1010. The summed E-state index contributed by atoms with van der Waals surface area (Å²) in [4.78, 5) is 23.0. The predicted molar refractivity (Wildman–Crippen MR) is 115 cm³/mol. The molecule has 29 heavy (non-hydrogen) atoms. The zero-order valence-corrected chi connectivity index (χ0v) is 17.0. The van der Waals surface area contributed by atoms with Crippen molar-refractivity contribution in [3.05, 3.63) is 88.4 Å². The van der Waals surface area contributed by atoms with Crippen LogP contribution in [0.3, 0.4) is 0 Å². The average Bonchev–Trinajstić information content (AvgIpc) is 2.72. The van der Waals surface area contributed by atoms with Gasteiger partial charge in [-0.1, -0.05) is 30.3 Å².